The second-order valence-electron chi connectivity index (χ2n) is 3.33. The Hall–Kier alpha value is -1.43. The van der Waals surface area contributed by atoms with Gasteiger partial charge in [0.1, 0.15) is 5.82 Å². The maximum atomic E-state index is 13.1. The molecule has 0 bridgehead atoms. The summed E-state index contributed by atoms with van der Waals surface area (Å²) in [5, 5.41) is 0. The van der Waals surface area contributed by atoms with Gasteiger partial charge < -0.3 is 5.73 Å². The second-order valence-corrected chi connectivity index (χ2v) is 3.33. The number of nitrogens with two attached hydrogens (primary N) is 1. The number of alkyl halides is 3. The molecule has 0 aliphatic rings. The SMILES string of the molecule is CC(=O)C(N)c1ccc(C(F)(F)F)c(F)c1. The third kappa shape index (κ3) is 2.57. The number of rotatable bonds is 2. The van der Waals surface area contributed by atoms with Crippen LogP contribution in [0, 0.1) is 5.82 Å². The van der Waals surface area contributed by atoms with E-state index >= 15 is 0 Å². The van der Waals surface area contributed by atoms with E-state index in [1.165, 1.54) is 6.92 Å². The van der Waals surface area contributed by atoms with Crippen molar-refractivity contribution in [2.75, 3.05) is 0 Å². The summed E-state index contributed by atoms with van der Waals surface area (Å²) in [6.07, 6.45) is -4.75. The summed E-state index contributed by atoms with van der Waals surface area (Å²) in [6.45, 7) is 1.18. The van der Waals surface area contributed by atoms with Crippen molar-refractivity contribution in [3.8, 4) is 0 Å². The monoisotopic (exact) mass is 235 g/mol. The van der Waals surface area contributed by atoms with Gasteiger partial charge in [0, 0.05) is 0 Å². The number of benzene rings is 1. The minimum absolute atomic E-state index is 0.0259. The van der Waals surface area contributed by atoms with E-state index in [2.05, 4.69) is 0 Å². The molecule has 0 aliphatic heterocycles. The molecule has 0 radical (unpaired) electrons. The number of hydrogen-bond donors (Lipinski definition) is 1. The Morgan fingerprint density at radius 1 is 1.38 bits per heavy atom. The molecule has 2 N–H and O–H groups in total. The molecular formula is C10H9F4NO. The molecule has 0 saturated heterocycles. The first kappa shape index (κ1) is 12.6. The first-order valence-electron chi connectivity index (χ1n) is 4.36. The molecule has 0 fully saturated rings. The Labute approximate surface area is 89.1 Å². The zero-order valence-electron chi connectivity index (χ0n) is 8.31. The van der Waals surface area contributed by atoms with Crippen LogP contribution < -0.4 is 5.73 Å². The summed E-state index contributed by atoms with van der Waals surface area (Å²) in [7, 11) is 0. The number of halogens is 4. The molecule has 1 rings (SSSR count). The average Bonchev–Trinajstić information content (AvgIpc) is 2.14. The number of carbonyl (C=O) groups excluding carboxylic acids is 1. The molecule has 0 amide bonds. The summed E-state index contributed by atoms with van der Waals surface area (Å²) in [4.78, 5) is 10.9. The summed E-state index contributed by atoms with van der Waals surface area (Å²) in [6, 6.07) is 1.11. The smallest absolute Gasteiger partial charge is 0.318 e. The molecule has 1 atom stereocenters. The normalized spacial score (nSPS) is 13.6. The Balaban J connectivity index is 3.14. The fraction of sp³-hybridized carbons (Fsp3) is 0.300. The highest BCUT2D eigenvalue weighted by atomic mass is 19.4. The van der Waals surface area contributed by atoms with Crippen LogP contribution in [0.5, 0.6) is 0 Å². The quantitative estimate of drug-likeness (QED) is 0.800. The van der Waals surface area contributed by atoms with Crippen LogP contribution in [0.15, 0.2) is 18.2 Å². The van der Waals surface area contributed by atoms with Crippen molar-refractivity contribution in [3.05, 3.63) is 35.1 Å². The van der Waals surface area contributed by atoms with Gasteiger partial charge in [-0.3, -0.25) is 4.79 Å². The van der Waals surface area contributed by atoms with E-state index in [1.54, 1.807) is 0 Å². The van der Waals surface area contributed by atoms with Crippen molar-refractivity contribution in [2.45, 2.75) is 19.1 Å². The van der Waals surface area contributed by atoms with Gasteiger partial charge in [0.05, 0.1) is 11.6 Å². The van der Waals surface area contributed by atoms with Gasteiger partial charge >= 0.3 is 6.18 Å². The standard InChI is InChI=1S/C10H9F4NO/c1-5(16)9(15)6-2-3-7(8(11)4-6)10(12,13)14/h2-4,9H,15H2,1H3. The number of ketones is 1. The number of carbonyl (C=O) groups is 1. The Morgan fingerprint density at radius 3 is 2.31 bits per heavy atom. The van der Waals surface area contributed by atoms with E-state index in [-0.39, 0.29) is 5.56 Å². The third-order valence-electron chi connectivity index (χ3n) is 2.10. The van der Waals surface area contributed by atoms with Crippen LogP contribution in [0.25, 0.3) is 0 Å². The van der Waals surface area contributed by atoms with Crippen LogP contribution in [-0.4, -0.2) is 5.78 Å². The molecule has 1 aromatic carbocycles. The van der Waals surface area contributed by atoms with Crippen molar-refractivity contribution in [2.24, 2.45) is 5.73 Å². The predicted molar refractivity (Wildman–Crippen MR) is 49.0 cm³/mol. The lowest BCUT2D eigenvalue weighted by atomic mass is 10.0. The molecule has 1 aromatic rings. The number of Topliss-reactive ketones (excluding diaryl/α,β-unsaturated/α-hetero) is 1. The van der Waals surface area contributed by atoms with Crippen molar-refractivity contribution in [1.29, 1.82) is 0 Å². The Morgan fingerprint density at radius 2 is 1.94 bits per heavy atom. The van der Waals surface area contributed by atoms with Gasteiger partial charge in [0.15, 0.2) is 5.78 Å². The summed E-state index contributed by atoms with van der Waals surface area (Å²) in [5.41, 5.74) is 4.03. The van der Waals surface area contributed by atoms with Crippen LogP contribution in [0.4, 0.5) is 17.6 Å². The molecule has 2 nitrogen and oxygen atoms in total. The zero-order chi connectivity index (χ0) is 12.5. The molecule has 1 unspecified atom stereocenters. The predicted octanol–water partition coefficient (Wildman–Crippen LogP) is 2.43. The van der Waals surface area contributed by atoms with Gasteiger partial charge in [-0.25, -0.2) is 4.39 Å². The van der Waals surface area contributed by atoms with E-state index in [1.807, 2.05) is 0 Å². The largest absolute Gasteiger partial charge is 0.419 e. The van der Waals surface area contributed by atoms with E-state index in [9.17, 15) is 22.4 Å². The van der Waals surface area contributed by atoms with Crippen molar-refractivity contribution < 1.29 is 22.4 Å². The minimum atomic E-state index is -4.75. The van der Waals surface area contributed by atoms with Crippen LogP contribution in [-0.2, 0) is 11.0 Å². The van der Waals surface area contributed by atoms with Gasteiger partial charge in [0.25, 0.3) is 0 Å². The van der Waals surface area contributed by atoms with E-state index < -0.39 is 29.4 Å². The van der Waals surface area contributed by atoms with Gasteiger partial charge in [-0.05, 0) is 24.6 Å². The molecule has 0 aromatic heterocycles. The number of hydrogen-bond acceptors (Lipinski definition) is 2. The van der Waals surface area contributed by atoms with E-state index in [0.29, 0.717) is 12.1 Å². The highest BCUT2D eigenvalue weighted by Crippen LogP contribution is 2.32. The highest BCUT2D eigenvalue weighted by Gasteiger charge is 2.34. The molecule has 0 spiro atoms. The van der Waals surface area contributed by atoms with Gasteiger partial charge in [-0.1, -0.05) is 6.07 Å². The van der Waals surface area contributed by atoms with Crippen LogP contribution >= 0.6 is 0 Å². The lowest BCUT2D eigenvalue weighted by Crippen LogP contribution is -2.19. The summed E-state index contributed by atoms with van der Waals surface area (Å²) < 4.78 is 49.7. The van der Waals surface area contributed by atoms with Crippen LogP contribution in [0.3, 0.4) is 0 Å². The summed E-state index contributed by atoms with van der Waals surface area (Å²) in [5.74, 6) is -1.87. The fourth-order valence-electron chi connectivity index (χ4n) is 1.19. The lowest BCUT2D eigenvalue weighted by Gasteiger charge is -2.12. The second kappa shape index (κ2) is 4.21. The first-order valence-corrected chi connectivity index (χ1v) is 4.36. The van der Waals surface area contributed by atoms with Crippen molar-refractivity contribution in [1.82, 2.24) is 0 Å². The molecule has 6 heteroatoms. The molecule has 88 valence electrons. The van der Waals surface area contributed by atoms with Gasteiger partial charge in [-0.15, -0.1) is 0 Å². The maximum Gasteiger partial charge on any atom is 0.419 e. The van der Waals surface area contributed by atoms with Crippen LogP contribution in [0.1, 0.15) is 24.1 Å². The minimum Gasteiger partial charge on any atom is -0.318 e. The molecule has 0 heterocycles. The van der Waals surface area contributed by atoms with E-state index in [0.717, 1.165) is 6.07 Å². The Bertz CT molecular complexity index is 414. The van der Waals surface area contributed by atoms with Gasteiger partial charge in [-0.2, -0.15) is 13.2 Å². The Kier molecular flexibility index (Phi) is 3.32. The molecule has 16 heavy (non-hydrogen) atoms. The molecule has 0 saturated carbocycles. The zero-order valence-corrected chi connectivity index (χ0v) is 8.31. The van der Waals surface area contributed by atoms with Crippen LogP contribution in [0.2, 0.25) is 0 Å². The summed E-state index contributed by atoms with van der Waals surface area (Å²) >= 11 is 0. The topological polar surface area (TPSA) is 43.1 Å². The molecular weight excluding hydrogens is 226 g/mol. The highest BCUT2D eigenvalue weighted by molar-refractivity contribution is 5.82. The van der Waals surface area contributed by atoms with Crippen molar-refractivity contribution in [3.63, 3.8) is 0 Å². The molecule has 0 aliphatic carbocycles. The van der Waals surface area contributed by atoms with E-state index in [4.69, 9.17) is 5.73 Å². The lowest BCUT2D eigenvalue weighted by molar-refractivity contribution is -0.140. The maximum absolute atomic E-state index is 13.1. The fourth-order valence-corrected chi connectivity index (χ4v) is 1.19. The van der Waals surface area contributed by atoms with Crippen molar-refractivity contribution >= 4 is 5.78 Å². The average molecular weight is 235 g/mol. The first-order chi connectivity index (χ1) is 7.23. The van der Waals surface area contributed by atoms with Gasteiger partial charge in [0.2, 0.25) is 0 Å². The third-order valence-corrected chi connectivity index (χ3v) is 2.10.